The van der Waals surface area contributed by atoms with Crippen LogP contribution in [0.1, 0.15) is 24.1 Å². The van der Waals surface area contributed by atoms with Crippen LogP contribution in [0.15, 0.2) is 76.2 Å². The number of oxazole rings is 1. The molecule has 0 radical (unpaired) electrons. The number of nitrogens with one attached hydrogen (secondary N) is 2. The Balaban J connectivity index is 0.000000383. The van der Waals surface area contributed by atoms with Crippen LogP contribution in [-0.4, -0.2) is 27.2 Å². The quantitative estimate of drug-likeness (QED) is 0.400. The molecule has 0 spiro atoms. The number of nitrogens with zero attached hydrogens (tertiary/aromatic N) is 1. The Labute approximate surface area is 185 Å². The Kier molecular flexibility index (Phi) is 7.29. The molecule has 0 amide bonds. The number of rotatable bonds is 5. The molecule has 2 aromatic heterocycles. The minimum atomic E-state index is -5.08. The number of halogens is 3. The van der Waals surface area contributed by atoms with Gasteiger partial charge in [-0.25, -0.2) is 9.59 Å². The molecule has 0 fully saturated rings. The summed E-state index contributed by atoms with van der Waals surface area (Å²) >= 11 is 0. The largest absolute Gasteiger partial charge is 0.490 e. The topological polar surface area (TPSA) is 108 Å². The number of aromatic nitrogens is 2. The normalized spacial score (nSPS) is 12.1. The van der Waals surface area contributed by atoms with Gasteiger partial charge in [0.15, 0.2) is 5.58 Å². The van der Waals surface area contributed by atoms with E-state index in [0.717, 1.165) is 28.8 Å². The summed E-state index contributed by atoms with van der Waals surface area (Å²) in [6.45, 7) is 2.83. The Morgan fingerprint density at radius 2 is 1.88 bits per heavy atom. The monoisotopic (exact) mass is 459 g/mol. The third-order valence-corrected chi connectivity index (χ3v) is 4.72. The first-order valence-corrected chi connectivity index (χ1v) is 9.79. The van der Waals surface area contributed by atoms with Crippen molar-refractivity contribution in [2.75, 3.05) is 0 Å². The lowest BCUT2D eigenvalue weighted by Gasteiger charge is -2.15. The van der Waals surface area contributed by atoms with Crippen molar-refractivity contribution in [2.24, 2.45) is 0 Å². The maximum Gasteiger partial charge on any atom is 0.490 e. The lowest BCUT2D eigenvalue weighted by Crippen LogP contribution is -2.21. The van der Waals surface area contributed by atoms with Gasteiger partial charge in [-0.2, -0.15) is 13.2 Å². The van der Waals surface area contributed by atoms with E-state index in [1.54, 1.807) is 6.20 Å². The summed E-state index contributed by atoms with van der Waals surface area (Å²) in [5.41, 5.74) is 5.84. The molecule has 10 heteroatoms. The second kappa shape index (κ2) is 10.1. The van der Waals surface area contributed by atoms with Crippen molar-refractivity contribution >= 4 is 17.1 Å². The first kappa shape index (κ1) is 23.7. The van der Waals surface area contributed by atoms with Crippen LogP contribution < -0.4 is 11.1 Å². The van der Waals surface area contributed by atoms with Crippen molar-refractivity contribution in [3.8, 4) is 11.1 Å². The van der Waals surface area contributed by atoms with Gasteiger partial charge in [0.25, 0.3) is 0 Å². The predicted molar refractivity (Wildman–Crippen MR) is 115 cm³/mol. The van der Waals surface area contributed by atoms with Crippen LogP contribution in [-0.2, 0) is 11.3 Å². The molecule has 2 heterocycles. The van der Waals surface area contributed by atoms with E-state index in [2.05, 4.69) is 52.5 Å². The Hall–Kier alpha value is -3.92. The molecule has 7 nitrogen and oxygen atoms in total. The zero-order valence-corrected chi connectivity index (χ0v) is 17.4. The highest BCUT2D eigenvalue weighted by atomic mass is 19.4. The zero-order chi connectivity index (χ0) is 24.0. The number of aromatic amines is 1. The van der Waals surface area contributed by atoms with Gasteiger partial charge in [-0.1, -0.05) is 30.3 Å². The lowest BCUT2D eigenvalue weighted by molar-refractivity contribution is -0.192. The van der Waals surface area contributed by atoms with Gasteiger partial charge in [0.2, 0.25) is 0 Å². The fourth-order valence-electron chi connectivity index (χ4n) is 3.01. The highest BCUT2D eigenvalue weighted by molar-refractivity contribution is 5.73. The van der Waals surface area contributed by atoms with Crippen LogP contribution in [0.25, 0.3) is 22.2 Å². The van der Waals surface area contributed by atoms with Crippen LogP contribution in [0, 0.1) is 0 Å². The van der Waals surface area contributed by atoms with Crippen molar-refractivity contribution in [1.82, 2.24) is 15.3 Å². The first-order valence-electron chi connectivity index (χ1n) is 9.79. The fourth-order valence-corrected chi connectivity index (χ4v) is 3.01. The molecule has 0 aliphatic carbocycles. The number of aliphatic carboxylic acids is 1. The van der Waals surface area contributed by atoms with E-state index < -0.39 is 17.9 Å². The van der Waals surface area contributed by atoms with E-state index in [1.165, 1.54) is 5.56 Å². The SMILES string of the molecule is CC(NCc1cccc(-c2cccnc2)c1)c1ccc2[nH]c(=O)oc2c1.O=C(O)C(F)(F)F. The van der Waals surface area contributed by atoms with Gasteiger partial charge in [-0.3, -0.25) is 9.97 Å². The highest BCUT2D eigenvalue weighted by Gasteiger charge is 2.38. The molecule has 0 saturated heterocycles. The minimum absolute atomic E-state index is 0.127. The van der Waals surface area contributed by atoms with E-state index in [4.69, 9.17) is 14.3 Å². The van der Waals surface area contributed by atoms with Crippen molar-refractivity contribution in [2.45, 2.75) is 25.7 Å². The minimum Gasteiger partial charge on any atom is -0.475 e. The molecule has 4 aromatic rings. The lowest BCUT2D eigenvalue weighted by atomic mass is 10.0. The molecule has 0 aliphatic rings. The van der Waals surface area contributed by atoms with Crippen LogP contribution in [0.4, 0.5) is 13.2 Å². The van der Waals surface area contributed by atoms with Gasteiger partial charge in [0, 0.05) is 25.0 Å². The Morgan fingerprint density at radius 1 is 1.15 bits per heavy atom. The molecule has 0 aliphatic heterocycles. The van der Waals surface area contributed by atoms with E-state index in [9.17, 15) is 18.0 Å². The summed E-state index contributed by atoms with van der Waals surface area (Å²) in [5.74, 6) is -3.18. The van der Waals surface area contributed by atoms with Gasteiger partial charge >= 0.3 is 17.9 Å². The second-order valence-corrected chi connectivity index (χ2v) is 7.12. The van der Waals surface area contributed by atoms with Crippen LogP contribution in [0.2, 0.25) is 0 Å². The first-order chi connectivity index (χ1) is 15.6. The highest BCUT2D eigenvalue weighted by Crippen LogP contribution is 2.21. The number of carboxylic acid groups (broad SMARTS) is 1. The Morgan fingerprint density at radius 3 is 2.55 bits per heavy atom. The van der Waals surface area contributed by atoms with Crippen LogP contribution >= 0.6 is 0 Å². The van der Waals surface area contributed by atoms with Crippen molar-refractivity contribution < 1.29 is 27.5 Å². The molecular formula is C23H20F3N3O4. The standard InChI is InChI=1S/C21H19N3O2.C2HF3O2/c1-14(16-7-8-19-20(11-16)26-21(25)24-19)23-12-15-4-2-5-17(10-15)18-6-3-9-22-13-18;3-2(4,5)1(6)7/h2-11,13-14,23H,12H2,1H3,(H,24,25);(H,6,7). The van der Waals surface area contributed by atoms with E-state index >= 15 is 0 Å². The van der Waals surface area contributed by atoms with Crippen molar-refractivity contribution in [3.05, 3.63) is 88.7 Å². The van der Waals surface area contributed by atoms with Gasteiger partial charge in [0.05, 0.1) is 5.52 Å². The van der Waals surface area contributed by atoms with Gasteiger partial charge < -0.3 is 14.8 Å². The molecule has 0 saturated carbocycles. The predicted octanol–water partition coefficient (Wildman–Crippen LogP) is 4.67. The summed E-state index contributed by atoms with van der Waals surface area (Å²) < 4.78 is 36.9. The summed E-state index contributed by atoms with van der Waals surface area (Å²) in [6, 6.07) is 18.3. The molecule has 3 N–H and O–H groups in total. The van der Waals surface area contributed by atoms with Crippen molar-refractivity contribution in [1.29, 1.82) is 0 Å². The molecule has 2 aromatic carbocycles. The number of fused-ring (bicyclic) bond motifs is 1. The number of carbonyl (C=O) groups is 1. The molecule has 1 atom stereocenters. The number of benzene rings is 2. The van der Waals surface area contributed by atoms with Gasteiger partial charge in [-0.15, -0.1) is 0 Å². The van der Waals surface area contributed by atoms with Gasteiger partial charge in [-0.05, 0) is 53.4 Å². The maximum absolute atomic E-state index is 11.3. The third-order valence-electron chi connectivity index (χ3n) is 4.72. The maximum atomic E-state index is 11.3. The fraction of sp³-hybridized carbons (Fsp3) is 0.174. The number of H-pyrrole nitrogens is 1. The summed E-state index contributed by atoms with van der Waals surface area (Å²) in [6.07, 6.45) is -1.44. The average Bonchev–Trinajstić information content (AvgIpc) is 3.17. The second-order valence-electron chi connectivity index (χ2n) is 7.12. The van der Waals surface area contributed by atoms with E-state index in [-0.39, 0.29) is 6.04 Å². The number of carboxylic acids is 1. The average molecular weight is 459 g/mol. The molecule has 172 valence electrons. The zero-order valence-electron chi connectivity index (χ0n) is 17.4. The summed E-state index contributed by atoms with van der Waals surface area (Å²) in [7, 11) is 0. The number of alkyl halides is 3. The molecule has 33 heavy (non-hydrogen) atoms. The summed E-state index contributed by atoms with van der Waals surface area (Å²) in [4.78, 5) is 27.0. The van der Waals surface area contributed by atoms with Crippen molar-refractivity contribution in [3.63, 3.8) is 0 Å². The molecular weight excluding hydrogens is 439 g/mol. The third kappa shape index (κ3) is 6.53. The van der Waals surface area contributed by atoms with Gasteiger partial charge in [0.1, 0.15) is 0 Å². The number of hydrogen-bond donors (Lipinski definition) is 3. The van der Waals surface area contributed by atoms with E-state index in [0.29, 0.717) is 5.58 Å². The smallest absolute Gasteiger partial charge is 0.475 e. The Bertz CT molecular complexity index is 1280. The molecule has 0 bridgehead atoms. The number of hydrogen-bond acceptors (Lipinski definition) is 5. The molecule has 1 unspecified atom stereocenters. The number of pyridine rings is 1. The molecule has 4 rings (SSSR count). The van der Waals surface area contributed by atoms with Crippen LogP contribution in [0.5, 0.6) is 0 Å². The van der Waals surface area contributed by atoms with E-state index in [1.807, 2.05) is 30.5 Å². The van der Waals surface area contributed by atoms with Crippen LogP contribution in [0.3, 0.4) is 0 Å². The summed E-state index contributed by atoms with van der Waals surface area (Å²) in [5, 5.41) is 10.6.